The zero-order valence-electron chi connectivity index (χ0n) is 11.4. The number of anilines is 1. The zero-order chi connectivity index (χ0) is 13.0. The number of carbonyl (C=O) groups is 1. The van der Waals surface area contributed by atoms with E-state index in [1.54, 1.807) is 7.11 Å². The molecular weight excluding hydrogens is 264 g/mol. The summed E-state index contributed by atoms with van der Waals surface area (Å²) in [5.41, 5.74) is 1.89. The summed E-state index contributed by atoms with van der Waals surface area (Å²) in [5.74, 6) is 1.38. The SMILES string of the molecule is COc1ccc(NC(=O)CC2CCNC2)c(C)c1.Cl. The fourth-order valence-corrected chi connectivity index (χ4v) is 2.26. The third kappa shape index (κ3) is 4.40. The Morgan fingerprint density at radius 3 is 2.89 bits per heavy atom. The lowest BCUT2D eigenvalue weighted by Crippen LogP contribution is -2.18. The van der Waals surface area contributed by atoms with E-state index < -0.39 is 0 Å². The van der Waals surface area contributed by atoms with Crippen molar-refractivity contribution < 1.29 is 9.53 Å². The van der Waals surface area contributed by atoms with E-state index in [0.29, 0.717) is 12.3 Å². The highest BCUT2D eigenvalue weighted by Crippen LogP contribution is 2.22. The molecule has 1 heterocycles. The molecule has 0 bridgehead atoms. The van der Waals surface area contributed by atoms with Crippen LogP contribution in [0.15, 0.2) is 18.2 Å². The van der Waals surface area contributed by atoms with Gasteiger partial charge in [-0.15, -0.1) is 12.4 Å². The summed E-state index contributed by atoms with van der Waals surface area (Å²) in [6, 6.07) is 5.67. The standard InChI is InChI=1S/C14H20N2O2.ClH/c1-10-7-12(18-2)3-4-13(10)16-14(17)8-11-5-6-15-9-11;/h3-4,7,11,15H,5-6,8-9H2,1-2H3,(H,16,17);1H. The molecule has 0 aliphatic carbocycles. The van der Waals surface area contributed by atoms with Crippen molar-refractivity contribution in [3.05, 3.63) is 23.8 Å². The summed E-state index contributed by atoms with van der Waals surface area (Å²) in [7, 11) is 1.64. The van der Waals surface area contributed by atoms with Crippen molar-refractivity contribution in [2.24, 2.45) is 5.92 Å². The number of amides is 1. The number of carbonyl (C=O) groups excluding carboxylic acids is 1. The van der Waals surface area contributed by atoms with E-state index in [4.69, 9.17) is 4.74 Å². The predicted octanol–water partition coefficient (Wildman–Crippen LogP) is 2.36. The highest BCUT2D eigenvalue weighted by Gasteiger charge is 2.18. The van der Waals surface area contributed by atoms with Crippen molar-refractivity contribution in [3.63, 3.8) is 0 Å². The molecule has 1 aliphatic rings. The summed E-state index contributed by atoms with van der Waals surface area (Å²) in [5, 5.41) is 6.24. The number of rotatable bonds is 4. The lowest BCUT2D eigenvalue weighted by atomic mass is 10.0. The van der Waals surface area contributed by atoms with Gasteiger partial charge in [0.15, 0.2) is 0 Å². The summed E-state index contributed by atoms with van der Waals surface area (Å²) in [6.07, 6.45) is 1.69. The number of hydrogen-bond acceptors (Lipinski definition) is 3. The maximum atomic E-state index is 11.9. The lowest BCUT2D eigenvalue weighted by Gasteiger charge is -2.12. The summed E-state index contributed by atoms with van der Waals surface area (Å²) >= 11 is 0. The topological polar surface area (TPSA) is 50.4 Å². The van der Waals surface area contributed by atoms with Gasteiger partial charge in [0.05, 0.1) is 7.11 Å². The number of benzene rings is 1. The highest BCUT2D eigenvalue weighted by atomic mass is 35.5. The Balaban J connectivity index is 0.00000180. The van der Waals surface area contributed by atoms with Crippen LogP contribution in [0.3, 0.4) is 0 Å². The fourth-order valence-electron chi connectivity index (χ4n) is 2.26. The third-order valence-electron chi connectivity index (χ3n) is 3.34. The highest BCUT2D eigenvalue weighted by molar-refractivity contribution is 5.91. The maximum absolute atomic E-state index is 11.9. The van der Waals surface area contributed by atoms with Crippen LogP contribution in [0.1, 0.15) is 18.4 Å². The molecule has 5 heteroatoms. The molecule has 0 saturated carbocycles. The molecule has 0 radical (unpaired) electrons. The van der Waals surface area contributed by atoms with Crippen LogP contribution in [0.5, 0.6) is 5.75 Å². The zero-order valence-corrected chi connectivity index (χ0v) is 12.2. The first kappa shape index (κ1) is 15.8. The molecule has 1 atom stereocenters. The van der Waals surface area contributed by atoms with Gasteiger partial charge in [0.2, 0.25) is 5.91 Å². The Hall–Kier alpha value is -1.26. The van der Waals surface area contributed by atoms with Crippen molar-refractivity contribution in [3.8, 4) is 5.75 Å². The number of nitrogens with one attached hydrogen (secondary N) is 2. The van der Waals surface area contributed by atoms with Gasteiger partial charge in [-0.1, -0.05) is 0 Å². The van der Waals surface area contributed by atoms with Gasteiger partial charge >= 0.3 is 0 Å². The Bertz CT molecular complexity index is 431. The van der Waals surface area contributed by atoms with E-state index in [1.807, 2.05) is 25.1 Å². The summed E-state index contributed by atoms with van der Waals surface area (Å²) < 4.78 is 5.14. The van der Waals surface area contributed by atoms with Crippen LogP contribution in [0.4, 0.5) is 5.69 Å². The molecular formula is C14H21ClN2O2. The van der Waals surface area contributed by atoms with Crippen molar-refractivity contribution in [1.29, 1.82) is 0 Å². The molecule has 2 N–H and O–H groups in total. The van der Waals surface area contributed by atoms with Crippen molar-refractivity contribution in [2.45, 2.75) is 19.8 Å². The third-order valence-corrected chi connectivity index (χ3v) is 3.34. The molecule has 2 rings (SSSR count). The van der Waals surface area contributed by atoms with Crippen LogP contribution in [0.25, 0.3) is 0 Å². The van der Waals surface area contributed by atoms with Gasteiger partial charge in [0.1, 0.15) is 5.75 Å². The quantitative estimate of drug-likeness (QED) is 0.892. The van der Waals surface area contributed by atoms with Crippen LogP contribution < -0.4 is 15.4 Å². The van der Waals surface area contributed by atoms with Crippen LogP contribution >= 0.6 is 12.4 Å². The molecule has 1 aromatic carbocycles. The molecule has 1 aromatic rings. The summed E-state index contributed by atoms with van der Waals surface area (Å²) in [4.78, 5) is 11.9. The molecule has 106 valence electrons. The van der Waals surface area contributed by atoms with E-state index in [-0.39, 0.29) is 18.3 Å². The van der Waals surface area contributed by atoms with E-state index in [0.717, 1.165) is 36.5 Å². The fraction of sp³-hybridized carbons (Fsp3) is 0.500. The minimum Gasteiger partial charge on any atom is -0.497 e. The minimum absolute atomic E-state index is 0. The maximum Gasteiger partial charge on any atom is 0.224 e. The normalized spacial score (nSPS) is 17.7. The molecule has 0 aromatic heterocycles. The minimum atomic E-state index is 0. The molecule has 1 amide bonds. The van der Waals surface area contributed by atoms with Gasteiger partial charge in [-0.3, -0.25) is 4.79 Å². The Morgan fingerprint density at radius 2 is 2.32 bits per heavy atom. The number of aryl methyl sites for hydroxylation is 1. The Labute approximate surface area is 120 Å². The largest absolute Gasteiger partial charge is 0.497 e. The van der Waals surface area contributed by atoms with Gasteiger partial charge in [0.25, 0.3) is 0 Å². The van der Waals surface area contributed by atoms with Gasteiger partial charge < -0.3 is 15.4 Å². The predicted molar refractivity (Wildman–Crippen MR) is 79.2 cm³/mol. The second kappa shape index (κ2) is 7.36. The molecule has 1 fully saturated rings. The lowest BCUT2D eigenvalue weighted by molar-refractivity contribution is -0.116. The Morgan fingerprint density at radius 1 is 1.53 bits per heavy atom. The average Bonchev–Trinajstić information content (AvgIpc) is 2.84. The number of hydrogen-bond donors (Lipinski definition) is 2. The van der Waals surface area contributed by atoms with Crippen molar-refractivity contribution >= 4 is 24.0 Å². The molecule has 0 spiro atoms. The molecule has 1 saturated heterocycles. The van der Waals surface area contributed by atoms with Crippen LogP contribution in [0, 0.1) is 12.8 Å². The molecule has 4 nitrogen and oxygen atoms in total. The average molecular weight is 285 g/mol. The van der Waals surface area contributed by atoms with Crippen LogP contribution in [-0.2, 0) is 4.79 Å². The van der Waals surface area contributed by atoms with Crippen LogP contribution in [-0.4, -0.2) is 26.1 Å². The van der Waals surface area contributed by atoms with Gasteiger partial charge in [-0.05, 0) is 56.1 Å². The smallest absolute Gasteiger partial charge is 0.224 e. The first-order chi connectivity index (χ1) is 8.69. The van der Waals surface area contributed by atoms with Crippen molar-refractivity contribution in [1.82, 2.24) is 5.32 Å². The van der Waals surface area contributed by atoms with Crippen LogP contribution in [0.2, 0.25) is 0 Å². The van der Waals surface area contributed by atoms with E-state index in [1.165, 1.54) is 0 Å². The number of halogens is 1. The molecule has 1 aliphatic heterocycles. The van der Waals surface area contributed by atoms with Crippen molar-refractivity contribution in [2.75, 3.05) is 25.5 Å². The number of ether oxygens (including phenoxy) is 1. The van der Waals surface area contributed by atoms with E-state index >= 15 is 0 Å². The van der Waals surface area contributed by atoms with Gasteiger partial charge in [0, 0.05) is 12.1 Å². The summed E-state index contributed by atoms with van der Waals surface area (Å²) in [6.45, 7) is 3.95. The number of methoxy groups -OCH3 is 1. The van der Waals surface area contributed by atoms with Gasteiger partial charge in [-0.25, -0.2) is 0 Å². The second-order valence-corrected chi connectivity index (χ2v) is 4.79. The second-order valence-electron chi connectivity index (χ2n) is 4.79. The molecule has 19 heavy (non-hydrogen) atoms. The Kier molecular flexibility index (Phi) is 6.12. The first-order valence-corrected chi connectivity index (χ1v) is 6.34. The van der Waals surface area contributed by atoms with E-state index in [9.17, 15) is 4.79 Å². The monoisotopic (exact) mass is 284 g/mol. The molecule has 1 unspecified atom stereocenters. The first-order valence-electron chi connectivity index (χ1n) is 6.34. The van der Waals surface area contributed by atoms with Gasteiger partial charge in [-0.2, -0.15) is 0 Å². The van der Waals surface area contributed by atoms with E-state index in [2.05, 4.69) is 10.6 Å².